The van der Waals surface area contributed by atoms with Crippen molar-refractivity contribution in [2.75, 3.05) is 36.0 Å². The van der Waals surface area contributed by atoms with Crippen LogP contribution in [0.2, 0.25) is 0 Å². The fraction of sp³-hybridized carbons (Fsp3) is 0.286. The van der Waals surface area contributed by atoms with E-state index in [1.165, 1.54) is 10.2 Å². The molecule has 0 atom stereocenters. The molecule has 1 saturated heterocycles. The third kappa shape index (κ3) is 2.18. The van der Waals surface area contributed by atoms with Crippen molar-refractivity contribution in [2.45, 2.75) is 0 Å². The second-order valence-corrected chi connectivity index (χ2v) is 5.17. The summed E-state index contributed by atoms with van der Waals surface area (Å²) in [6.07, 6.45) is 3.62. The van der Waals surface area contributed by atoms with Gasteiger partial charge in [-0.1, -0.05) is 0 Å². The third-order valence-corrected chi connectivity index (χ3v) is 3.89. The van der Waals surface area contributed by atoms with Crippen LogP contribution in [-0.4, -0.2) is 51.0 Å². The number of hydrogen-bond acceptors (Lipinski definition) is 6. The number of aromatic nitrogens is 5. The predicted octanol–water partition coefficient (Wildman–Crippen LogP) is 0.139. The number of fused-ring (bicyclic) bond motifs is 1. The van der Waals surface area contributed by atoms with Crippen molar-refractivity contribution in [3.63, 3.8) is 0 Å². The van der Waals surface area contributed by atoms with Crippen LogP contribution in [0.4, 0.5) is 11.5 Å². The van der Waals surface area contributed by atoms with Crippen molar-refractivity contribution in [3.8, 4) is 0 Å². The van der Waals surface area contributed by atoms with Gasteiger partial charge in [-0.25, -0.2) is 9.89 Å². The number of hydrogen-bond donors (Lipinski definition) is 1. The van der Waals surface area contributed by atoms with Crippen LogP contribution in [0.3, 0.4) is 0 Å². The molecule has 0 bridgehead atoms. The summed E-state index contributed by atoms with van der Waals surface area (Å²) in [5.74, 6) is 0.797. The second-order valence-electron chi connectivity index (χ2n) is 5.17. The van der Waals surface area contributed by atoms with E-state index in [1.54, 1.807) is 6.07 Å². The quantitative estimate of drug-likeness (QED) is 0.724. The second kappa shape index (κ2) is 5.14. The molecular weight excluding hydrogens is 282 g/mol. The third-order valence-electron chi connectivity index (χ3n) is 3.89. The topological polar surface area (TPSA) is 82.4 Å². The van der Waals surface area contributed by atoms with Crippen LogP contribution in [0.15, 0.2) is 41.5 Å². The van der Waals surface area contributed by atoms with Crippen LogP contribution in [0, 0.1) is 0 Å². The number of H-pyrrole nitrogens is 1. The Kier molecular flexibility index (Phi) is 2.99. The summed E-state index contributed by atoms with van der Waals surface area (Å²) in [5.41, 5.74) is 1.40. The molecule has 8 nitrogen and oxygen atoms in total. The fourth-order valence-corrected chi connectivity index (χ4v) is 2.71. The lowest BCUT2D eigenvalue weighted by Crippen LogP contribution is -2.47. The van der Waals surface area contributed by atoms with Gasteiger partial charge >= 0.3 is 5.69 Å². The first-order chi connectivity index (χ1) is 10.8. The SMILES string of the molecule is O=c1[nH]nc2ccc(N3CCN(c4ccncc4)CC3)nn12. The Labute approximate surface area is 126 Å². The minimum atomic E-state index is -0.313. The maximum absolute atomic E-state index is 11.6. The minimum absolute atomic E-state index is 0.313. The molecule has 3 aromatic heterocycles. The summed E-state index contributed by atoms with van der Waals surface area (Å²) in [6.45, 7) is 3.52. The van der Waals surface area contributed by atoms with Crippen LogP contribution >= 0.6 is 0 Å². The molecular formula is C14H15N7O. The summed E-state index contributed by atoms with van der Waals surface area (Å²) in [7, 11) is 0. The number of rotatable bonds is 2. The van der Waals surface area contributed by atoms with Crippen molar-refractivity contribution in [3.05, 3.63) is 47.1 Å². The van der Waals surface area contributed by atoms with Crippen molar-refractivity contribution >= 4 is 17.2 Å². The highest BCUT2D eigenvalue weighted by atomic mass is 16.2. The van der Waals surface area contributed by atoms with Gasteiger partial charge in [0.05, 0.1) is 0 Å². The zero-order chi connectivity index (χ0) is 14.9. The first-order valence-electron chi connectivity index (χ1n) is 7.16. The van der Waals surface area contributed by atoms with Gasteiger partial charge in [-0.05, 0) is 24.3 Å². The Morgan fingerprint density at radius 2 is 1.68 bits per heavy atom. The molecule has 8 heteroatoms. The zero-order valence-corrected chi connectivity index (χ0v) is 11.9. The van der Waals surface area contributed by atoms with Crippen molar-refractivity contribution in [1.29, 1.82) is 0 Å². The molecule has 0 unspecified atom stereocenters. The van der Waals surface area contributed by atoms with Crippen LogP contribution in [0.25, 0.3) is 5.65 Å². The van der Waals surface area contributed by atoms with E-state index in [-0.39, 0.29) is 5.69 Å². The smallest absolute Gasteiger partial charge is 0.364 e. The Balaban J connectivity index is 1.53. The Bertz CT molecular complexity index is 833. The lowest BCUT2D eigenvalue weighted by molar-refractivity contribution is 0.640. The zero-order valence-electron chi connectivity index (χ0n) is 11.9. The van der Waals surface area contributed by atoms with E-state index in [4.69, 9.17) is 0 Å². The van der Waals surface area contributed by atoms with Gasteiger partial charge in [-0.15, -0.1) is 5.10 Å². The van der Waals surface area contributed by atoms with Crippen molar-refractivity contribution in [2.24, 2.45) is 0 Å². The van der Waals surface area contributed by atoms with E-state index in [2.05, 4.69) is 30.1 Å². The molecule has 0 saturated carbocycles. The monoisotopic (exact) mass is 297 g/mol. The summed E-state index contributed by atoms with van der Waals surface area (Å²) in [6, 6.07) is 7.74. The number of nitrogens with zero attached hydrogens (tertiary/aromatic N) is 6. The largest absolute Gasteiger partial charge is 0.368 e. The lowest BCUT2D eigenvalue weighted by atomic mass is 10.2. The number of piperazine rings is 1. The summed E-state index contributed by atoms with van der Waals surface area (Å²) < 4.78 is 1.30. The van der Waals surface area contributed by atoms with E-state index in [0.717, 1.165) is 32.0 Å². The highest BCUT2D eigenvalue weighted by Crippen LogP contribution is 2.18. The highest BCUT2D eigenvalue weighted by molar-refractivity contribution is 5.49. The van der Waals surface area contributed by atoms with Gasteiger partial charge in [-0.3, -0.25) is 4.98 Å². The minimum Gasteiger partial charge on any atom is -0.368 e. The van der Waals surface area contributed by atoms with Gasteiger partial charge in [0, 0.05) is 44.3 Å². The maximum atomic E-state index is 11.6. The number of nitrogens with one attached hydrogen (secondary N) is 1. The molecule has 1 aliphatic heterocycles. The molecule has 4 heterocycles. The summed E-state index contributed by atoms with van der Waals surface area (Å²) in [5, 5.41) is 10.6. The molecule has 1 fully saturated rings. The van der Waals surface area contributed by atoms with Crippen LogP contribution < -0.4 is 15.5 Å². The molecule has 4 rings (SSSR count). The standard InChI is InChI=1S/C14H15N7O/c22-14-17-16-12-1-2-13(18-21(12)14)20-9-7-19(8-10-20)11-3-5-15-6-4-11/h1-6H,7-10H2,(H,17,22). The lowest BCUT2D eigenvalue weighted by Gasteiger charge is -2.36. The molecule has 3 aromatic rings. The molecule has 1 N–H and O–H groups in total. The fourth-order valence-electron chi connectivity index (χ4n) is 2.71. The molecule has 0 radical (unpaired) electrons. The van der Waals surface area contributed by atoms with Gasteiger partial charge in [0.2, 0.25) is 0 Å². The van der Waals surface area contributed by atoms with Gasteiger partial charge < -0.3 is 9.80 Å². The van der Waals surface area contributed by atoms with Crippen LogP contribution in [-0.2, 0) is 0 Å². The predicted molar refractivity (Wildman–Crippen MR) is 82.3 cm³/mol. The molecule has 112 valence electrons. The van der Waals surface area contributed by atoms with E-state index < -0.39 is 0 Å². The van der Waals surface area contributed by atoms with Crippen molar-refractivity contribution in [1.82, 2.24) is 24.8 Å². The van der Waals surface area contributed by atoms with Gasteiger partial charge in [0.1, 0.15) is 5.82 Å². The first kappa shape index (κ1) is 12.8. The van der Waals surface area contributed by atoms with E-state index in [9.17, 15) is 4.79 Å². The van der Waals surface area contributed by atoms with Gasteiger partial charge in [-0.2, -0.15) is 9.61 Å². The maximum Gasteiger partial charge on any atom is 0.364 e. The van der Waals surface area contributed by atoms with Crippen LogP contribution in [0.5, 0.6) is 0 Å². The van der Waals surface area contributed by atoms with Crippen molar-refractivity contribution < 1.29 is 0 Å². The van der Waals surface area contributed by atoms with E-state index in [1.807, 2.05) is 30.6 Å². The Hall–Kier alpha value is -2.90. The average molecular weight is 297 g/mol. The first-order valence-corrected chi connectivity index (χ1v) is 7.16. The molecule has 0 aromatic carbocycles. The Morgan fingerprint density at radius 3 is 2.45 bits per heavy atom. The number of anilines is 2. The van der Waals surface area contributed by atoms with E-state index >= 15 is 0 Å². The molecule has 0 spiro atoms. The van der Waals surface area contributed by atoms with Crippen LogP contribution in [0.1, 0.15) is 0 Å². The summed E-state index contributed by atoms with van der Waals surface area (Å²) >= 11 is 0. The highest BCUT2D eigenvalue weighted by Gasteiger charge is 2.19. The normalized spacial score (nSPS) is 15.5. The summed E-state index contributed by atoms with van der Waals surface area (Å²) in [4.78, 5) is 20.1. The van der Waals surface area contributed by atoms with Gasteiger partial charge in [0.15, 0.2) is 5.65 Å². The Morgan fingerprint density at radius 1 is 0.955 bits per heavy atom. The average Bonchev–Trinajstić information content (AvgIpc) is 2.96. The molecule has 1 aliphatic rings. The number of aromatic amines is 1. The number of pyridine rings is 1. The molecule has 22 heavy (non-hydrogen) atoms. The van der Waals surface area contributed by atoms with Gasteiger partial charge in [0.25, 0.3) is 0 Å². The molecule has 0 amide bonds. The molecule has 0 aliphatic carbocycles. The van der Waals surface area contributed by atoms with E-state index in [0.29, 0.717) is 5.65 Å².